The van der Waals surface area contributed by atoms with Crippen molar-refractivity contribution in [2.45, 2.75) is 44.3 Å². The molecule has 0 bridgehead atoms. The molecule has 2 amide bonds. The lowest BCUT2D eigenvalue weighted by atomic mass is 9.90. The van der Waals surface area contributed by atoms with E-state index in [-0.39, 0.29) is 30.1 Å². The molecule has 0 unspecified atom stereocenters. The topological polar surface area (TPSA) is 99.2 Å². The number of hydrogen-bond donors (Lipinski definition) is 2. The lowest BCUT2D eigenvalue weighted by molar-refractivity contribution is 0.0605. The fourth-order valence-corrected chi connectivity index (χ4v) is 4.47. The van der Waals surface area contributed by atoms with Crippen LogP contribution < -0.4 is 11.1 Å². The molecule has 8 heteroatoms. The normalized spacial score (nSPS) is 17.2. The highest BCUT2D eigenvalue weighted by molar-refractivity contribution is 6.04. The van der Waals surface area contributed by atoms with Gasteiger partial charge in [0.25, 0.3) is 11.8 Å². The van der Waals surface area contributed by atoms with Gasteiger partial charge < -0.3 is 16.0 Å². The smallest absolute Gasteiger partial charge is 0.255 e. The second-order valence-corrected chi connectivity index (χ2v) is 9.00. The van der Waals surface area contributed by atoms with Crippen molar-refractivity contribution in [2.75, 3.05) is 5.32 Å². The zero-order chi connectivity index (χ0) is 25.7. The quantitative estimate of drug-likeness (QED) is 0.510. The van der Waals surface area contributed by atoms with Crippen LogP contribution >= 0.6 is 0 Å². The number of nitrogens with one attached hydrogen (secondary N) is 1. The molecular formula is C28H26F2N4O2. The van der Waals surface area contributed by atoms with E-state index in [0.717, 1.165) is 36.6 Å². The van der Waals surface area contributed by atoms with Gasteiger partial charge in [0, 0.05) is 41.5 Å². The van der Waals surface area contributed by atoms with Crippen molar-refractivity contribution in [3.63, 3.8) is 0 Å². The second kappa shape index (κ2) is 11.1. The molecule has 3 aromatic carbocycles. The summed E-state index contributed by atoms with van der Waals surface area (Å²) in [6.07, 6.45) is 2.90. The van der Waals surface area contributed by atoms with E-state index < -0.39 is 17.5 Å². The van der Waals surface area contributed by atoms with E-state index in [2.05, 4.69) is 5.32 Å². The molecule has 3 aromatic rings. The highest BCUT2D eigenvalue weighted by Gasteiger charge is 2.29. The Balaban J connectivity index is 1.55. The lowest BCUT2D eigenvalue weighted by Gasteiger charge is -2.36. The zero-order valence-electron chi connectivity index (χ0n) is 19.6. The number of benzene rings is 3. The Hall–Kier alpha value is -4.09. The maximum atomic E-state index is 13.8. The number of nitriles is 1. The van der Waals surface area contributed by atoms with Gasteiger partial charge in [-0.1, -0.05) is 12.1 Å². The van der Waals surface area contributed by atoms with Crippen molar-refractivity contribution >= 4 is 17.5 Å². The first-order valence-electron chi connectivity index (χ1n) is 11.8. The van der Waals surface area contributed by atoms with Crippen molar-refractivity contribution in [3.8, 4) is 6.07 Å². The molecule has 3 N–H and O–H groups in total. The first-order chi connectivity index (χ1) is 17.3. The Morgan fingerprint density at radius 3 is 2.25 bits per heavy atom. The van der Waals surface area contributed by atoms with Gasteiger partial charge >= 0.3 is 0 Å². The van der Waals surface area contributed by atoms with Gasteiger partial charge in [0.05, 0.1) is 11.6 Å². The third kappa shape index (κ3) is 6.12. The molecule has 1 saturated carbocycles. The van der Waals surface area contributed by atoms with Gasteiger partial charge in [-0.05, 0) is 79.8 Å². The van der Waals surface area contributed by atoms with E-state index in [0.29, 0.717) is 29.7 Å². The van der Waals surface area contributed by atoms with Crippen LogP contribution in [0.4, 0.5) is 14.5 Å². The largest absolute Gasteiger partial charge is 0.331 e. The van der Waals surface area contributed by atoms with Gasteiger partial charge in [0.1, 0.15) is 11.6 Å². The maximum absolute atomic E-state index is 13.8. The minimum absolute atomic E-state index is 0.0485. The molecule has 6 nitrogen and oxygen atoms in total. The number of amides is 2. The van der Waals surface area contributed by atoms with E-state index in [9.17, 15) is 18.4 Å². The van der Waals surface area contributed by atoms with Crippen molar-refractivity contribution < 1.29 is 18.4 Å². The molecule has 0 heterocycles. The van der Waals surface area contributed by atoms with Crippen LogP contribution in [0.25, 0.3) is 0 Å². The minimum atomic E-state index is -0.809. The zero-order valence-corrected chi connectivity index (χ0v) is 19.6. The fourth-order valence-electron chi connectivity index (χ4n) is 4.47. The summed E-state index contributed by atoms with van der Waals surface area (Å²) in [5.41, 5.74) is 8.16. The number of nitrogens with two attached hydrogens (primary N) is 1. The molecule has 1 fully saturated rings. The molecule has 0 radical (unpaired) electrons. The minimum Gasteiger partial charge on any atom is -0.331 e. The third-order valence-electron chi connectivity index (χ3n) is 6.37. The van der Waals surface area contributed by atoms with Crippen LogP contribution in [0.15, 0.2) is 66.7 Å². The number of carbonyl (C=O) groups is 2. The number of halogens is 2. The Morgan fingerprint density at radius 2 is 1.61 bits per heavy atom. The summed E-state index contributed by atoms with van der Waals surface area (Å²) < 4.78 is 27.7. The number of carbonyl (C=O) groups excluding carboxylic acids is 2. The second-order valence-electron chi connectivity index (χ2n) is 9.00. The standard InChI is InChI=1S/C28H26F2N4O2/c29-22-13-21(14-23(30)15-22)28(36)34(26-10-8-24(32)9-11-26)17-19-2-1-3-25(12-19)33-27(35)20-6-4-18(16-31)5-7-20/h1-7,12-15,24,26H,8-11,17,32H2,(H,33,35). The highest BCUT2D eigenvalue weighted by Crippen LogP contribution is 2.26. The number of rotatable bonds is 6. The van der Waals surface area contributed by atoms with Crippen LogP contribution in [-0.4, -0.2) is 28.8 Å². The number of hydrogen-bond acceptors (Lipinski definition) is 4. The van der Waals surface area contributed by atoms with Gasteiger partial charge in [-0.3, -0.25) is 9.59 Å². The average molecular weight is 489 g/mol. The molecule has 36 heavy (non-hydrogen) atoms. The van der Waals surface area contributed by atoms with Crippen LogP contribution in [0, 0.1) is 23.0 Å². The van der Waals surface area contributed by atoms with Crippen molar-refractivity contribution in [1.29, 1.82) is 5.26 Å². The summed E-state index contributed by atoms with van der Waals surface area (Å²) >= 11 is 0. The van der Waals surface area contributed by atoms with Crippen LogP contribution in [0.5, 0.6) is 0 Å². The summed E-state index contributed by atoms with van der Waals surface area (Å²) in [5.74, 6) is -2.41. The van der Waals surface area contributed by atoms with E-state index >= 15 is 0 Å². The fraction of sp³-hybridized carbons (Fsp3) is 0.250. The summed E-state index contributed by atoms with van der Waals surface area (Å²) in [7, 11) is 0. The third-order valence-corrected chi connectivity index (χ3v) is 6.37. The average Bonchev–Trinajstić information content (AvgIpc) is 2.87. The van der Waals surface area contributed by atoms with Crippen molar-refractivity contribution in [2.24, 2.45) is 5.73 Å². The Labute approximate surface area is 208 Å². The molecule has 0 aromatic heterocycles. The molecule has 0 saturated heterocycles. The Morgan fingerprint density at radius 1 is 0.944 bits per heavy atom. The molecule has 184 valence electrons. The van der Waals surface area contributed by atoms with E-state index in [1.165, 1.54) is 0 Å². The van der Waals surface area contributed by atoms with Gasteiger partial charge in [0.2, 0.25) is 0 Å². The van der Waals surface area contributed by atoms with Crippen molar-refractivity contribution in [3.05, 3.63) is 101 Å². The Kier molecular flexibility index (Phi) is 7.71. The predicted octanol–water partition coefficient (Wildman–Crippen LogP) is 5.00. The molecule has 4 rings (SSSR count). The van der Waals surface area contributed by atoms with Crippen LogP contribution in [-0.2, 0) is 6.54 Å². The van der Waals surface area contributed by atoms with Gasteiger partial charge in [-0.15, -0.1) is 0 Å². The van der Waals surface area contributed by atoms with Gasteiger partial charge in [-0.25, -0.2) is 8.78 Å². The Bertz CT molecular complexity index is 1280. The molecule has 1 aliphatic carbocycles. The van der Waals surface area contributed by atoms with E-state index in [4.69, 9.17) is 11.0 Å². The van der Waals surface area contributed by atoms with E-state index in [1.807, 2.05) is 12.1 Å². The summed E-state index contributed by atoms with van der Waals surface area (Å²) in [4.78, 5) is 27.7. The number of anilines is 1. The monoisotopic (exact) mass is 488 g/mol. The number of nitrogens with zero attached hydrogens (tertiary/aromatic N) is 2. The SMILES string of the molecule is N#Cc1ccc(C(=O)Nc2cccc(CN(C(=O)c3cc(F)cc(F)c3)C3CCC(N)CC3)c2)cc1. The molecule has 0 atom stereocenters. The highest BCUT2D eigenvalue weighted by atomic mass is 19.1. The van der Waals surface area contributed by atoms with E-state index in [1.54, 1.807) is 47.4 Å². The summed E-state index contributed by atoms with van der Waals surface area (Å²) in [5, 5.41) is 11.8. The first-order valence-corrected chi connectivity index (χ1v) is 11.8. The summed E-state index contributed by atoms with van der Waals surface area (Å²) in [6.45, 7) is 0.206. The van der Waals surface area contributed by atoms with Gasteiger partial charge in [-0.2, -0.15) is 5.26 Å². The molecule has 1 aliphatic rings. The molecule has 0 aliphatic heterocycles. The molecular weight excluding hydrogens is 462 g/mol. The predicted molar refractivity (Wildman–Crippen MR) is 132 cm³/mol. The van der Waals surface area contributed by atoms with Crippen LogP contribution in [0.1, 0.15) is 57.5 Å². The van der Waals surface area contributed by atoms with Crippen molar-refractivity contribution in [1.82, 2.24) is 4.90 Å². The van der Waals surface area contributed by atoms with Crippen LogP contribution in [0.2, 0.25) is 0 Å². The first kappa shape index (κ1) is 25.0. The van der Waals surface area contributed by atoms with Gasteiger partial charge in [0.15, 0.2) is 0 Å². The lowest BCUT2D eigenvalue weighted by Crippen LogP contribution is -2.44. The maximum Gasteiger partial charge on any atom is 0.255 e. The van der Waals surface area contributed by atoms with Crippen LogP contribution in [0.3, 0.4) is 0 Å². The summed E-state index contributed by atoms with van der Waals surface area (Å²) in [6, 6.07) is 18.2. The molecule has 0 spiro atoms.